The Morgan fingerprint density at radius 1 is 1.36 bits per heavy atom. The summed E-state index contributed by atoms with van der Waals surface area (Å²) in [5, 5.41) is 0. The molecule has 4 heteroatoms. The van der Waals surface area contributed by atoms with E-state index in [9.17, 15) is 4.79 Å². The molecule has 3 nitrogen and oxygen atoms in total. The molecule has 0 saturated heterocycles. The van der Waals surface area contributed by atoms with Crippen molar-refractivity contribution < 1.29 is 26.4 Å². The SMILES string of the molecule is C[14C](=O)OCC[N+](C)(C)C.[Cl-]. The number of hydrogen-bond donors (Lipinski definition) is 0. The molecule has 0 aliphatic carbocycles. The second-order valence-electron chi connectivity index (χ2n) is 3.35. The summed E-state index contributed by atoms with van der Waals surface area (Å²) in [5.41, 5.74) is 0. The van der Waals surface area contributed by atoms with E-state index in [1.165, 1.54) is 6.92 Å². The fraction of sp³-hybridized carbons (Fsp3) is 0.857. The van der Waals surface area contributed by atoms with E-state index >= 15 is 0 Å². The number of nitrogens with zero attached hydrogens (tertiary/aromatic N) is 1. The Kier molecular flexibility index (Phi) is 6.52. The lowest BCUT2D eigenvalue weighted by atomic mass is 10.5. The molecule has 0 fully saturated rings. The van der Waals surface area contributed by atoms with Crippen LogP contribution in [0.3, 0.4) is 0 Å². The topological polar surface area (TPSA) is 26.3 Å². The summed E-state index contributed by atoms with van der Waals surface area (Å²) < 4.78 is 5.59. The minimum Gasteiger partial charge on any atom is -1.00 e. The maximum absolute atomic E-state index is 10.3. The Hall–Kier alpha value is -0.280. The molecule has 0 unspecified atom stereocenters. The van der Waals surface area contributed by atoms with Crippen LogP contribution in [0.5, 0.6) is 0 Å². The monoisotopic (exact) mass is 183 g/mol. The lowest BCUT2D eigenvalue weighted by molar-refractivity contribution is -0.870. The zero-order valence-corrected chi connectivity index (χ0v) is 8.31. The van der Waals surface area contributed by atoms with E-state index in [-0.39, 0.29) is 18.4 Å². The average Bonchev–Trinajstić information content (AvgIpc) is 1.59. The average molecular weight is 184 g/mol. The van der Waals surface area contributed by atoms with Crippen LogP contribution in [-0.2, 0) is 9.53 Å². The van der Waals surface area contributed by atoms with Gasteiger partial charge in [-0.25, -0.2) is 0 Å². The van der Waals surface area contributed by atoms with Crippen LogP contribution < -0.4 is 12.4 Å². The maximum atomic E-state index is 10.3. The highest BCUT2D eigenvalue weighted by Gasteiger charge is 2.06. The normalized spacial score (nSPS) is 10.2. The molecule has 0 aromatic rings. The first-order valence-corrected chi connectivity index (χ1v) is 3.35. The number of ether oxygens (including phenoxy) is 1. The second-order valence-corrected chi connectivity index (χ2v) is 3.35. The Labute approximate surface area is 74.3 Å². The predicted molar refractivity (Wildman–Crippen MR) is 39.5 cm³/mol. The summed E-state index contributed by atoms with van der Waals surface area (Å²) in [6.45, 7) is 2.80. The predicted octanol–water partition coefficient (Wildman–Crippen LogP) is -2.74. The molecule has 0 heterocycles. The van der Waals surface area contributed by atoms with Gasteiger partial charge in [0.1, 0.15) is 13.2 Å². The maximum Gasteiger partial charge on any atom is 0.302 e. The van der Waals surface area contributed by atoms with Crippen molar-refractivity contribution in [2.45, 2.75) is 6.92 Å². The number of halogens is 1. The third-order valence-corrected chi connectivity index (χ3v) is 1.07. The van der Waals surface area contributed by atoms with Crippen LogP contribution in [0.1, 0.15) is 6.92 Å². The molecule has 68 valence electrons. The number of esters is 1. The molecule has 0 saturated carbocycles. The molecular weight excluding hydrogens is 168 g/mol. The zero-order chi connectivity index (χ0) is 8.20. The van der Waals surface area contributed by atoms with Gasteiger partial charge >= 0.3 is 5.97 Å². The first-order chi connectivity index (χ1) is 4.42. The largest absolute Gasteiger partial charge is 1.00 e. The summed E-state index contributed by atoms with van der Waals surface area (Å²) in [6, 6.07) is 0. The van der Waals surface area contributed by atoms with Crippen molar-refractivity contribution in [3.8, 4) is 0 Å². The van der Waals surface area contributed by atoms with E-state index in [4.69, 9.17) is 4.74 Å². The van der Waals surface area contributed by atoms with Gasteiger partial charge in [0.2, 0.25) is 0 Å². The van der Waals surface area contributed by atoms with Gasteiger partial charge in [0.25, 0.3) is 0 Å². The van der Waals surface area contributed by atoms with E-state index in [2.05, 4.69) is 21.1 Å². The molecular formula is C7H16ClNO2. The van der Waals surface area contributed by atoms with Crippen LogP contribution in [0.2, 0.25) is 0 Å². The molecule has 0 atom stereocenters. The van der Waals surface area contributed by atoms with Crippen LogP contribution in [0.4, 0.5) is 0 Å². The van der Waals surface area contributed by atoms with E-state index in [1.54, 1.807) is 0 Å². The van der Waals surface area contributed by atoms with Crippen LogP contribution in [-0.4, -0.2) is 44.7 Å². The first-order valence-electron chi connectivity index (χ1n) is 3.35. The molecule has 0 amide bonds. The van der Waals surface area contributed by atoms with Gasteiger partial charge in [-0.3, -0.25) is 4.79 Å². The summed E-state index contributed by atoms with van der Waals surface area (Å²) >= 11 is 0. The Balaban J connectivity index is 0. The minimum absolute atomic E-state index is 0. The molecule has 0 N–H and O–H groups in total. The molecule has 0 aromatic carbocycles. The number of carbonyl (C=O) groups excluding carboxylic acids is 1. The van der Waals surface area contributed by atoms with Gasteiger partial charge in [0.15, 0.2) is 0 Å². The molecule has 0 aromatic heterocycles. The van der Waals surface area contributed by atoms with E-state index in [1.807, 2.05) is 0 Å². The van der Waals surface area contributed by atoms with E-state index in [0.717, 1.165) is 11.0 Å². The molecule has 0 aliphatic rings. The smallest absolute Gasteiger partial charge is 0.302 e. The Morgan fingerprint density at radius 2 is 1.82 bits per heavy atom. The fourth-order valence-corrected chi connectivity index (χ4v) is 0.463. The highest BCUT2D eigenvalue weighted by atomic mass is 35.5. The molecule has 0 radical (unpaired) electrons. The van der Waals surface area contributed by atoms with Crippen molar-refractivity contribution in [1.82, 2.24) is 0 Å². The molecule has 0 aliphatic heterocycles. The minimum atomic E-state index is -0.201. The van der Waals surface area contributed by atoms with Gasteiger partial charge in [-0.1, -0.05) is 0 Å². The highest BCUT2D eigenvalue weighted by molar-refractivity contribution is 5.65. The van der Waals surface area contributed by atoms with Gasteiger partial charge in [0, 0.05) is 6.92 Å². The zero-order valence-electron chi connectivity index (χ0n) is 7.56. The third-order valence-electron chi connectivity index (χ3n) is 1.07. The number of carbonyl (C=O) groups is 1. The Bertz CT molecular complexity index is 120. The summed E-state index contributed by atoms with van der Waals surface area (Å²) in [7, 11) is 6.18. The summed E-state index contributed by atoms with van der Waals surface area (Å²) in [5.74, 6) is -0.201. The van der Waals surface area contributed by atoms with Crippen molar-refractivity contribution >= 4 is 5.97 Å². The van der Waals surface area contributed by atoms with Crippen molar-refractivity contribution in [3.63, 3.8) is 0 Å². The van der Waals surface area contributed by atoms with Gasteiger partial charge in [-0.05, 0) is 0 Å². The lowest BCUT2D eigenvalue weighted by Crippen LogP contribution is -3.00. The number of hydrogen-bond acceptors (Lipinski definition) is 2. The molecule has 0 spiro atoms. The van der Waals surface area contributed by atoms with Crippen molar-refractivity contribution in [2.24, 2.45) is 0 Å². The quantitative estimate of drug-likeness (QED) is 0.351. The van der Waals surface area contributed by atoms with Crippen LogP contribution in [0.15, 0.2) is 0 Å². The summed E-state index contributed by atoms with van der Waals surface area (Å²) in [6.07, 6.45) is 0. The Morgan fingerprint density at radius 3 is 2.09 bits per heavy atom. The highest BCUT2D eigenvalue weighted by Crippen LogP contribution is 1.88. The van der Waals surface area contributed by atoms with Crippen LogP contribution in [0.25, 0.3) is 0 Å². The summed E-state index contributed by atoms with van der Waals surface area (Å²) in [4.78, 5) is 10.3. The molecule has 0 bridgehead atoms. The van der Waals surface area contributed by atoms with Gasteiger partial charge in [0.05, 0.1) is 21.1 Å². The first kappa shape index (κ1) is 13.3. The third kappa shape index (κ3) is 12.8. The van der Waals surface area contributed by atoms with Gasteiger partial charge in [-0.15, -0.1) is 0 Å². The van der Waals surface area contributed by atoms with Crippen molar-refractivity contribution in [1.29, 1.82) is 0 Å². The van der Waals surface area contributed by atoms with Crippen molar-refractivity contribution in [3.05, 3.63) is 0 Å². The van der Waals surface area contributed by atoms with E-state index < -0.39 is 0 Å². The van der Waals surface area contributed by atoms with Crippen LogP contribution >= 0.6 is 0 Å². The second kappa shape index (κ2) is 5.38. The van der Waals surface area contributed by atoms with E-state index in [0.29, 0.717) is 6.61 Å². The van der Waals surface area contributed by atoms with Gasteiger partial charge in [-0.2, -0.15) is 0 Å². The van der Waals surface area contributed by atoms with Crippen LogP contribution in [0, 0.1) is 0 Å². The standard InChI is InChI=1S/C7H16NO2.ClH/c1-7(9)10-6-5-8(2,3)4;/h5-6H2,1-4H3;1H/q+1;/p-1/i7+2;. The fourth-order valence-electron chi connectivity index (χ4n) is 0.463. The van der Waals surface area contributed by atoms with Crippen molar-refractivity contribution in [2.75, 3.05) is 34.3 Å². The molecule has 11 heavy (non-hydrogen) atoms. The lowest BCUT2D eigenvalue weighted by Gasteiger charge is -2.23. The number of rotatable bonds is 3. The van der Waals surface area contributed by atoms with Gasteiger partial charge < -0.3 is 21.6 Å². The molecule has 0 rings (SSSR count). The number of likely N-dealkylation sites (N-methyl/N-ethyl adjacent to an activating group) is 1. The number of quaternary nitrogens is 1.